The van der Waals surface area contributed by atoms with Crippen LogP contribution in [0.5, 0.6) is 0 Å². The van der Waals surface area contributed by atoms with E-state index in [-0.39, 0.29) is 0 Å². The number of benzene rings is 1. The van der Waals surface area contributed by atoms with Gasteiger partial charge in [0.25, 0.3) is 0 Å². The molecule has 0 aliphatic carbocycles. The summed E-state index contributed by atoms with van der Waals surface area (Å²) in [5.41, 5.74) is 0. The molecule has 17 heavy (non-hydrogen) atoms. The first-order valence-electron chi connectivity index (χ1n) is 5.26. The first-order chi connectivity index (χ1) is 8.43. The summed E-state index contributed by atoms with van der Waals surface area (Å²) in [6.07, 6.45) is 0. The van der Waals surface area contributed by atoms with Gasteiger partial charge in [-0.1, -0.05) is 18.2 Å². The molecule has 0 N–H and O–H groups in total. The van der Waals surface area contributed by atoms with Gasteiger partial charge in [-0.2, -0.15) is 0 Å². The maximum absolute atomic E-state index is 2.16. The first kappa shape index (κ1) is 11.0. The molecule has 0 nitrogen and oxygen atoms in total. The quantitative estimate of drug-likeness (QED) is 0.376. The fourth-order valence-electron chi connectivity index (χ4n) is 1.60. The highest BCUT2D eigenvalue weighted by atomic mass is 32.1. The van der Waals surface area contributed by atoms with Crippen LogP contribution in [0.4, 0.5) is 0 Å². The molecule has 0 saturated heterocycles. The Morgan fingerprint density at radius 2 is 1.12 bits per heavy atom. The maximum atomic E-state index is 2.16. The Hall–Kier alpha value is -1.16. The van der Waals surface area contributed by atoms with E-state index in [0.717, 1.165) is 0 Å². The van der Waals surface area contributed by atoms with Crippen LogP contribution in [0.3, 0.4) is 0 Å². The zero-order chi connectivity index (χ0) is 11.5. The van der Waals surface area contributed by atoms with E-state index in [1.165, 1.54) is 19.5 Å². The fourth-order valence-corrected chi connectivity index (χ4v) is 4.22. The zero-order valence-corrected chi connectivity index (χ0v) is 11.4. The van der Waals surface area contributed by atoms with Crippen LogP contribution in [-0.2, 0) is 0 Å². The van der Waals surface area contributed by atoms with Gasteiger partial charge >= 0.3 is 0 Å². The highest BCUT2D eigenvalue weighted by Crippen LogP contribution is 2.25. The number of hydrogen-bond acceptors (Lipinski definition) is 3. The van der Waals surface area contributed by atoms with Gasteiger partial charge < -0.3 is 0 Å². The van der Waals surface area contributed by atoms with E-state index in [9.17, 15) is 0 Å². The van der Waals surface area contributed by atoms with E-state index in [0.29, 0.717) is 0 Å². The van der Waals surface area contributed by atoms with Crippen molar-refractivity contribution >= 4 is 53.5 Å². The SMILES string of the molecule is c1cc2sccc2s1.c1ccc2sccc2c1. The molecular formula is C14H10S3. The lowest BCUT2D eigenvalue weighted by Crippen LogP contribution is -1.56. The molecule has 3 heteroatoms. The molecule has 0 fully saturated rings. The second-order valence-electron chi connectivity index (χ2n) is 3.53. The van der Waals surface area contributed by atoms with Crippen molar-refractivity contribution in [2.45, 2.75) is 0 Å². The summed E-state index contributed by atoms with van der Waals surface area (Å²) in [7, 11) is 0. The monoisotopic (exact) mass is 274 g/mol. The maximum Gasteiger partial charge on any atom is 0.0450 e. The van der Waals surface area contributed by atoms with Crippen molar-refractivity contribution in [3.63, 3.8) is 0 Å². The molecule has 0 aliphatic rings. The van der Waals surface area contributed by atoms with Crippen LogP contribution in [0.25, 0.3) is 19.5 Å². The van der Waals surface area contributed by atoms with Crippen LogP contribution >= 0.6 is 34.0 Å². The largest absolute Gasteiger partial charge is 0.144 e. The van der Waals surface area contributed by atoms with Crippen LogP contribution in [0.15, 0.2) is 58.6 Å². The predicted octanol–water partition coefficient (Wildman–Crippen LogP) is 5.86. The summed E-state index contributed by atoms with van der Waals surface area (Å²) < 4.78 is 4.20. The topological polar surface area (TPSA) is 0 Å². The minimum absolute atomic E-state index is 1.35. The fraction of sp³-hybridized carbons (Fsp3) is 0. The molecule has 0 unspecified atom stereocenters. The van der Waals surface area contributed by atoms with E-state index < -0.39 is 0 Å². The number of hydrogen-bond donors (Lipinski definition) is 0. The number of rotatable bonds is 0. The third kappa shape index (κ3) is 2.41. The third-order valence-electron chi connectivity index (χ3n) is 2.43. The molecule has 0 atom stereocenters. The van der Waals surface area contributed by atoms with Crippen molar-refractivity contribution in [2.24, 2.45) is 0 Å². The van der Waals surface area contributed by atoms with Crippen LogP contribution in [-0.4, -0.2) is 0 Å². The van der Waals surface area contributed by atoms with Gasteiger partial charge in [0.15, 0.2) is 0 Å². The lowest BCUT2D eigenvalue weighted by atomic mass is 10.3. The molecule has 0 amide bonds. The Morgan fingerprint density at radius 3 is 1.82 bits per heavy atom. The molecule has 4 rings (SSSR count). The molecule has 0 saturated carbocycles. The summed E-state index contributed by atoms with van der Waals surface area (Å²) in [5.74, 6) is 0. The lowest BCUT2D eigenvalue weighted by molar-refractivity contribution is 1.86. The van der Waals surface area contributed by atoms with Gasteiger partial charge in [-0.3, -0.25) is 0 Å². The van der Waals surface area contributed by atoms with E-state index in [2.05, 4.69) is 58.6 Å². The van der Waals surface area contributed by atoms with Crippen LogP contribution in [0.2, 0.25) is 0 Å². The summed E-state index contributed by atoms with van der Waals surface area (Å²) >= 11 is 5.40. The average molecular weight is 274 g/mol. The molecule has 0 radical (unpaired) electrons. The third-order valence-corrected chi connectivity index (χ3v) is 5.22. The smallest absolute Gasteiger partial charge is 0.0450 e. The molecule has 84 valence electrons. The molecule has 3 aromatic heterocycles. The van der Waals surface area contributed by atoms with E-state index in [1.807, 2.05) is 0 Å². The summed E-state index contributed by atoms with van der Waals surface area (Å²) in [6.45, 7) is 0. The predicted molar refractivity (Wildman–Crippen MR) is 81.5 cm³/mol. The molecule has 0 aliphatic heterocycles. The summed E-state index contributed by atoms with van der Waals surface area (Å²) in [6, 6.07) is 14.9. The van der Waals surface area contributed by atoms with Crippen molar-refractivity contribution in [1.29, 1.82) is 0 Å². The first-order valence-corrected chi connectivity index (χ1v) is 7.90. The Balaban J connectivity index is 0.000000107. The molecule has 3 heterocycles. The van der Waals surface area contributed by atoms with Gasteiger partial charge in [0.2, 0.25) is 0 Å². The number of thiophene rings is 3. The van der Waals surface area contributed by atoms with E-state index in [1.54, 1.807) is 34.0 Å². The summed E-state index contributed by atoms with van der Waals surface area (Å²) in [4.78, 5) is 0. The standard InChI is InChI=1S/C8H6S.C6H4S2/c1-2-4-8-7(3-1)5-6-9-8;1-3-7-6-2-4-8-5(1)6/h1-6H;1-4H. The normalized spacial score (nSPS) is 10.4. The van der Waals surface area contributed by atoms with Crippen LogP contribution < -0.4 is 0 Å². The van der Waals surface area contributed by atoms with E-state index >= 15 is 0 Å². The Morgan fingerprint density at radius 1 is 0.529 bits per heavy atom. The van der Waals surface area contributed by atoms with Gasteiger partial charge in [-0.25, -0.2) is 0 Å². The molecule has 0 spiro atoms. The molecule has 1 aromatic carbocycles. The lowest BCUT2D eigenvalue weighted by Gasteiger charge is -1.82. The number of fused-ring (bicyclic) bond motifs is 2. The molecule has 0 bridgehead atoms. The second kappa shape index (κ2) is 5.00. The molecule has 4 aromatic rings. The van der Waals surface area contributed by atoms with E-state index in [4.69, 9.17) is 0 Å². The Bertz CT molecular complexity index is 633. The van der Waals surface area contributed by atoms with Gasteiger partial charge in [0.1, 0.15) is 0 Å². The van der Waals surface area contributed by atoms with Crippen molar-refractivity contribution in [3.05, 3.63) is 58.6 Å². The van der Waals surface area contributed by atoms with Gasteiger partial charge in [-0.15, -0.1) is 34.0 Å². The van der Waals surface area contributed by atoms with Gasteiger partial charge in [0.05, 0.1) is 0 Å². The average Bonchev–Trinajstić information content (AvgIpc) is 3.06. The van der Waals surface area contributed by atoms with Crippen molar-refractivity contribution in [1.82, 2.24) is 0 Å². The minimum atomic E-state index is 1.35. The van der Waals surface area contributed by atoms with Gasteiger partial charge in [0, 0.05) is 14.1 Å². The van der Waals surface area contributed by atoms with Crippen molar-refractivity contribution in [2.75, 3.05) is 0 Å². The minimum Gasteiger partial charge on any atom is -0.144 e. The second-order valence-corrected chi connectivity index (χ2v) is 6.37. The molecular weight excluding hydrogens is 264 g/mol. The zero-order valence-electron chi connectivity index (χ0n) is 9.00. The van der Waals surface area contributed by atoms with Crippen molar-refractivity contribution < 1.29 is 0 Å². The van der Waals surface area contributed by atoms with Crippen LogP contribution in [0, 0.1) is 0 Å². The summed E-state index contributed by atoms with van der Waals surface area (Å²) in [5, 5.41) is 7.72. The van der Waals surface area contributed by atoms with Crippen molar-refractivity contribution in [3.8, 4) is 0 Å². The highest BCUT2D eigenvalue weighted by Gasteiger charge is 1.90. The highest BCUT2D eigenvalue weighted by molar-refractivity contribution is 7.25. The Labute approximate surface area is 112 Å². The van der Waals surface area contributed by atoms with Crippen LogP contribution in [0.1, 0.15) is 0 Å². The van der Waals surface area contributed by atoms with Gasteiger partial charge in [-0.05, 0) is 45.8 Å². The Kier molecular flexibility index (Phi) is 3.22.